The van der Waals surface area contributed by atoms with Crippen molar-refractivity contribution >= 4 is 17.3 Å². The molecule has 134 valence electrons. The van der Waals surface area contributed by atoms with Gasteiger partial charge in [-0.25, -0.2) is 4.79 Å². The summed E-state index contributed by atoms with van der Waals surface area (Å²) in [5.41, 5.74) is 6.37. The number of nitrogen functional groups attached to an aromatic ring is 1. The van der Waals surface area contributed by atoms with E-state index in [2.05, 4.69) is 19.2 Å². The summed E-state index contributed by atoms with van der Waals surface area (Å²) in [5.74, 6) is -0.162. The summed E-state index contributed by atoms with van der Waals surface area (Å²) < 4.78 is 1.98. The number of aromatic nitrogens is 2. The van der Waals surface area contributed by atoms with E-state index in [0.717, 1.165) is 14.8 Å². The van der Waals surface area contributed by atoms with E-state index in [-0.39, 0.29) is 11.4 Å². The molecule has 0 bridgehead atoms. The number of benzene rings is 1. The number of nitrogens with zero attached hydrogens (tertiary/aromatic N) is 2. The van der Waals surface area contributed by atoms with Crippen LogP contribution >= 0.6 is 0 Å². The van der Waals surface area contributed by atoms with Gasteiger partial charge in [-0.2, -0.15) is 0 Å². The Balaban J connectivity index is 2.32. The Bertz CT molecular complexity index is 908. The number of rotatable bonds is 5. The quantitative estimate of drug-likeness (QED) is 0.800. The average Bonchev–Trinajstić information content (AvgIpc) is 2.58. The Kier molecular flexibility index (Phi) is 5.15. The van der Waals surface area contributed by atoms with E-state index in [9.17, 15) is 14.4 Å². The van der Waals surface area contributed by atoms with Crippen LogP contribution in [0, 0.1) is 0 Å². The molecule has 7 heteroatoms. The molecule has 0 saturated carbocycles. The fourth-order valence-corrected chi connectivity index (χ4v) is 2.59. The molecule has 0 fully saturated rings. The fourth-order valence-electron chi connectivity index (χ4n) is 2.59. The second kappa shape index (κ2) is 6.96. The van der Waals surface area contributed by atoms with Crippen LogP contribution in [0.3, 0.4) is 0 Å². The number of carbonyl (C=O) groups is 1. The zero-order chi connectivity index (χ0) is 18.9. The minimum atomic E-state index is -0.686. The van der Waals surface area contributed by atoms with E-state index in [1.165, 1.54) is 19.7 Å². The molecule has 0 amide bonds. The summed E-state index contributed by atoms with van der Waals surface area (Å²) in [6, 6.07) is 7.09. The number of nitrogens with one attached hydrogen (secondary N) is 1. The predicted octanol–water partition coefficient (Wildman–Crippen LogP) is 1.47. The lowest BCUT2D eigenvalue weighted by atomic mass is 10.0. The van der Waals surface area contributed by atoms with E-state index in [4.69, 9.17) is 5.73 Å². The third-order valence-corrected chi connectivity index (χ3v) is 4.31. The highest BCUT2D eigenvalue weighted by atomic mass is 16.2. The lowest BCUT2D eigenvalue weighted by molar-refractivity contribution is 0.0973. The Morgan fingerprint density at radius 2 is 1.60 bits per heavy atom. The van der Waals surface area contributed by atoms with Gasteiger partial charge in [-0.15, -0.1) is 0 Å². The molecule has 7 nitrogen and oxygen atoms in total. The van der Waals surface area contributed by atoms with Crippen molar-refractivity contribution in [2.24, 2.45) is 14.1 Å². The molecule has 1 atom stereocenters. The number of ketones is 1. The van der Waals surface area contributed by atoms with Gasteiger partial charge in [-0.05, 0) is 30.5 Å². The molecule has 1 aromatic carbocycles. The summed E-state index contributed by atoms with van der Waals surface area (Å²) in [5, 5.41) is 3.07. The molecular formula is C18H24N4O3. The highest BCUT2D eigenvalue weighted by Crippen LogP contribution is 2.18. The van der Waals surface area contributed by atoms with Crippen molar-refractivity contribution in [3.63, 3.8) is 0 Å². The first-order valence-electron chi connectivity index (χ1n) is 8.11. The van der Waals surface area contributed by atoms with Crippen LogP contribution in [-0.4, -0.2) is 21.0 Å². The van der Waals surface area contributed by atoms with Crippen LogP contribution in [0.4, 0.5) is 11.5 Å². The van der Waals surface area contributed by atoms with Crippen molar-refractivity contribution in [1.29, 1.82) is 0 Å². The largest absolute Gasteiger partial charge is 0.384 e. The van der Waals surface area contributed by atoms with E-state index >= 15 is 0 Å². The Labute approximate surface area is 146 Å². The van der Waals surface area contributed by atoms with Gasteiger partial charge in [-0.3, -0.25) is 18.7 Å². The molecule has 0 saturated heterocycles. The van der Waals surface area contributed by atoms with Crippen LogP contribution in [0.5, 0.6) is 0 Å². The third kappa shape index (κ3) is 3.50. The van der Waals surface area contributed by atoms with Gasteiger partial charge in [-0.1, -0.05) is 26.0 Å². The van der Waals surface area contributed by atoms with E-state index in [1.807, 2.05) is 24.3 Å². The SMILES string of the molecule is CC(C)c1ccc(N[C@@H](C)C(=O)c2c(N)n(C)c(=O)n(C)c2=O)cc1. The summed E-state index contributed by atoms with van der Waals surface area (Å²) >= 11 is 0. The summed E-state index contributed by atoms with van der Waals surface area (Å²) in [6.07, 6.45) is 0. The van der Waals surface area contributed by atoms with Crippen LogP contribution in [0.15, 0.2) is 33.9 Å². The first kappa shape index (κ1) is 18.5. The molecule has 2 rings (SSSR count). The number of Topliss-reactive ketones (excluding diaryl/α,β-unsaturated/α-hetero) is 1. The van der Waals surface area contributed by atoms with Crippen molar-refractivity contribution in [2.45, 2.75) is 32.7 Å². The summed E-state index contributed by atoms with van der Waals surface area (Å²) in [6.45, 7) is 5.86. The number of carbonyl (C=O) groups excluding carboxylic acids is 1. The topological polar surface area (TPSA) is 99.1 Å². The predicted molar refractivity (Wildman–Crippen MR) is 99.3 cm³/mol. The van der Waals surface area contributed by atoms with Gasteiger partial charge < -0.3 is 11.1 Å². The van der Waals surface area contributed by atoms with Gasteiger partial charge >= 0.3 is 5.69 Å². The van der Waals surface area contributed by atoms with Crippen molar-refractivity contribution in [2.75, 3.05) is 11.1 Å². The Morgan fingerprint density at radius 3 is 2.12 bits per heavy atom. The first-order chi connectivity index (χ1) is 11.6. The molecular weight excluding hydrogens is 320 g/mol. The maximum Gasteiger partial charge on any atom is 0.332 e. The maximum absolute atomic E-state index is 12.7. The second-order valence-corrected chi connectivity index (χ2v) is 6.47. The van der Waals surface area contributed by atoms with Crippen molar-refractivity contribution in [3.8, 4) is 0 Å². The van der Waals surface area contributed by atoms with Gasteiger partial charge in [0, 0.05) is 19.8 Å². The van der Waals surface area contributed by atoms with E-state index < -0.39 is 23.1 Å². The maximum atomic E-state index is 12.7. The summed E-state index contributed by atoms with van der Waals surface area (Å²) in [7, 11) is 2.75. The molecule has 2 aromatic rings. The van der Waals surface area contributed by atoms with Crippen LogP contribution in [0.2, 0.25) is 0 Å². The van der Waals surface area contributed by atoms with Crippen molar-refractivity contribution in [3.05, 3.63) is 56.2 Å². The molecule has 0 aliphatic heterocycles. The minimum absolute atomic E-state index is 0.123. The fraction of sp³-hybridized carbons (Fsp3) is 0.389. The smallest absolute Gasteiger partial charge is 0.332 e. The van der Waals surface area contributed by atoms with Crippen LogP contribution in [-0.2, 0) is 14.1 Å². The Morgan fingerprint density at radius 1 is 1.04 bits per heavy atom. The van der Waals surface area contributed by atoms with E-state index in [1.54, 1.807) is 6.92 Å². The monoisotopic (exact) mass is 344 g/mol. The van der Waals surface area contributed by atoms with Gasteiger partial charge in [0.2, 0.25) is 0 Å². The number of hydrogen-bond acceptors (Lipinski definition) is 5. The molecule has 1 heterocycles. The zero-order valence-corrected chi connectivity index (χ0v) is 15.2. The van der Waals surface area contributed by atoms with Gasteiger partial charge in [0.05, 0.1) is 6.04 Å². The third-order valence-electron chi connectivity index (χ3n) is 4.31. The van der Waals surface area contributed by atoms with E-state index in [0.29, 0.717) is 5.92 Å². The number of nitrogens with two attached hydrogens (primary N) is 1. The highest BCUT2D eigenvalue weighted by molar-refractivity contribution is 6.04. The van der Waals surface area contributed by atoms with Crippen molar-refractivity contribution < 1.29 is 4.79 Å². The van der Waals surface area contributed by atoms with Gasteiger partial charge in [0.25, 0.3) is 5.56 Å². The normalized spacial score (nSPS) is 12.2. The standard InChI is InChI=1S/C18H24N4O3/c1-10(2)12-6-8-13(9-7-12)20-11(3)15(23)14-16(19)21(4)18(25)22(5)17(14)24/h6-11,20H,19H2,1-5H3/t11-/m0/s1. The molecule has 3 N–H and O–H groups in total. The first-order valence-corrected chi connectivity index (χ1v) is 8.11. The van der Waals surface area contributed by atoms with Gasteiger partial charge in [0.15, 0.2) is 5.78 Å². The highest BCUT2D eigenvalue weighted by Gasteiger charge is 2.24. The molecule has 0 aliphatic rings. The molecule has 25 heavy (non-hydrogen) atoms. The van der Waals surface area contributed by atoms with Crippen molar-refractivity contribution in [1.82, 2.24) is 9.13 Å². The second-order valence-electron chi connectivity index (χ2n) is 6.47. The zero-order valence-electron chi connectivity index (χ0n) is 15.2. The Hall–Kier alpha value is -2.83. The molecule has 0 aliphatic carbocycles. The average molecular weight is 344 g/mol. The minimum Gasteiger partial charge on any atom is -0.384 e. The molecule has 1 aromatic heterocycles. The molecule has 0 spiro atoms. The summed E-state index contributed by atoms with van der Waals surface area (Å²) in [4.78, 5) is 36.9. The molecule has 0 unspecified atom stereocenters. The van der Waals surface area contributed by atoms with Crippen LogP contribution < -0.4 is 22.3 Å². The van der Waals surface area contributed by atoms with Gasteiger partial charge in [0.1, 0.15) is 11.4 Å². The number of anilines is 2. The van der Waals surface area contributed by atoms with Crippen LogP contribution in [0.1, 0.15) is 42.6 Å². The molecule has 0 radical (unpaired) electrons. The number of hydrogen-bond donors (Lipinski definition) is 2. The lowest BCUT2D eigenvalue weighted by Crippen LogP contribution is -2.43. The van der Waals surface area contributed by atoms with Crippen LogP contribution in [0.25, 0.3) is 0 Å². The lowest BCUT2D eigenvalue weighted by Gasteiger charge is -2.17.